The molecule has 0 aliphatic heterocycles. The van der Waals surface area contributed by atoms with Gasteiger partial charge < -0.3 is 0 Å². The van der Waals surface area contributed by atoms with Crippen molar-refractivity contribution in [3.8, 4) is 0 Å². The molecule has 2 aliphatic rings. The van der Waals surface area contributed by atoms with Gasteiger partial charge in [-0.3, -0.25) is 9.48 Å². The summed E-state index contributed by atoms with van der Waals surface area (Å²) in [4.78, 5) is 11.6. The summed E-state index contributed by atoms with van der Waals surface area (Å²) in [6.07, 6.45) is 5.66. The van der Waals surface area contributed by atoms with Gasteiger partial charge in [0.05, 0.1) is 11.3 Å². The highest BCUT2D eigenvalue weighted by Gasteiger charge is 2.39. The Balaban J connectivity index is 1.81. The van der Waals surface area contributed by atoms with Crippen molar-refractivity contribution in [2.24, 2.45) is 17.8 Å². The van der Waals surface area contributed by atoms with Crippen LogP contribution < -0.4 is 0 Å². The van der Waals surface area contributed by atoms with Crippen molar-refractivity contribution in [2.45, 2.75) is 53.0 Å². The zero-order valence-electron chi connectivity index (χ0n) is 11.6. The maximum absolute atomic E-state index is 11.6. The number of carbonyl (C=O) groups is 1. The standard InChI is InChI=1S/C15H22N2O/c1-9-15(11(3)18)10(2)17(16-9)8-14-7-12-4-5-13(14)6-12/h12-14H,4-8H2,1-3H3. The fourth-order valence-electron chi connectivity index (χ4n) is 4.21. The predicted molar refractivity (Wildman–Crippen MR) is 70.6 cm³/mol. The second-order valence-electron chi connectivity index (χ2n) is 6.22. The average molecular weight is 246 g/mol. The van der Waals surface area contributed by atoms with Crippen molar-refractivity contribution < 1.29 is 4.79 Å². The fourth-order valence-corrected chi connectivity index (χ4v) is 4.21. The Bertz CT molecular complexity index is 489. The maximum atomic E-state index is 11.6. The molecule has 0 amide bonds. The van der Waals surface area contributed by atoms with Gasteiger partial charge in [-0.05, 0) is 57.8 Å². The highest BCUT2D eigenvalue weighted by molar-refractivity contribution is 5.96. The van der Waals surface area contributed by atoms with Crippen LogP contribution in [0.15, 0.2) is 0 Å². The number of aryl methyl sites for hydroxylation is 1. The number of Topliss-reactive ketones (excluding diaryl/α,β-unsaturated/α-hetero) is 1. The molecule has 18 heavy (non-hydrogen) atoms. The number of hydrogen-bond acceptors (Lipinski definition) is 2. The quantitative estimate of drug-likeness (QED) is 0.768. The highest BCUT2D eigenvalue weighted by atomic mass is 16.1. The third-order valence-corrected chi connectivity index (χ3v) is 5.03. The number of fused-ring (bicyclic) bond motifs is 2. The van der Waals surface area contributed by atoms with Gasteiger partial charge in [0, 0.05) is 12.2 Å². The normalized spacial score (nSPS) is 30.1. The van der Waals surface area contributed by atoms with Gasteiger partial charge in [-0.1, -0.05) is 6.42 Å². The monoisotopic (exact) mass is 246 g/mol. The lowest BCUT2D eigenvalue weighted by molar-refractivity contribution is 0.101. The van der Waals surface area contributed by atoms with E-state index >= 15 is 0 Å². The summed E-state index contributed by atoms with van der Waals surface area (Å²) in [7, 11) is 0. The number of ketones is 1. The topological polar surface area (TPSA) is 34.9 Å². The van der Waals surface area contributed by atoms with Gasteiger partial charge in [0.15, 0.2) is 5.78 Å². The summed E-state index contributed by atoms with van der Waals surface area (Å²) < 4.78 is 2.08. The molecule has 2 bridgehead atoms. The molecule has 3 atom stereocenters. The molecule has 1 aromatic rings. The largest absolute Gasteiger partial charge is 0.294 e. The van der Waals surface area contributed by atoms with Gasteiger partial charge in [0.25, 0.3) is 0 Å². The van der Waals surface area contributed by atoms with E-state index in [-0.39, 0.29) is 5.78 Å². The zero-order chi connectivity index (χ0) is 12.9. The highest BCUT2D eigenvalue weighted by Crippen LogP contribution is 2.48. The minimum absolute atomic E-state index is 0.143. The van der Waals surface area contributed by atoms with Crippen molar-refractivity contribution >= 4 is 5.78 Å². The van der Waals surface area contributed by atoms with Crippen molar-refractivity contribution in [3.05, 3.63) is 17.0 Å². The second-order valence-corrected chi connectivity index (χ2v) is 6.22. The molecule has 98 valence electrons. The van der Waals surface area contributed by atoms with E-state index in [1.165, 1.54) is 25.7 Å². The smallest absolute Gasteiger partial charge is 0.163 e. The Morgan fingerprint density at radius 1 is 1.33 bits per heavy atom. The van der Waals surface area contributed by atoms with Crippen LogP contribution >= 0.6 is 0 Å². The maximum Gasteiger partial charge on any atom is 0.163 e. The minimum atomic E-state index is 0.143. The Kier molecular flexibility index (Phi) is 2.80. The van der Waals surface area contributed by atoms with Crippen LogP contribution in [-0.4, -0.2) is 15.6 Å². The molecule has 3 unspecified atom stereocenters. The van der Waals surface area contributed by atoms with Crippen molar-refractivity contribution in [2.75, 3.05) is 0 Å². The Morgan fingerprint density at radius 3 is 2.61 bits per heavy atom. The molecule has 2 fully saturated rings. The number of rotatable bonds is 3. The molecule has 1 aromatic heterocycles. The van der Waals surface area contributed by atoms with Crippen molar-refractivity contribution in [3.63, 3.8) is 0 Å². The summed E-state index contributed by atoms with van der Waals surface area (Å²) in [6, 6.07) is 0. The van der Waals surface area contributed by atoms with Gasteiger partial charge in [0.2, 0.25) is 0 Å². The van der Waals surface area contributed by atoms with Crippen LogP contribution in [0.4, 0.5) is 0 Å². The van der Waals surface area contributed by atoms with E-state index in [4.69, 9.17) is 0 Å². The first-order chi connectivity index (χ1) is 8.56. The minimum Gasteiger partial charge on any atom is -0.294 e. The van der Waals surface area contributed by atoms with Crippen LogP contribution in [0.25, 0.3) is 0 Å². The first-order valence-corrected chi connectivity index (χ1v) is 7.11. The lowest BCUT2D eigenvalue weighted by atomic mass is 9.89. The van der Waals surface area contributed by atoms with E-state index in [9.17, 15) is 4.79 Å². The van der Waals surface area contributed by atoms with Crippen LogP contribution in [0.1, 0.15) is 54.4 Å². The molecule has 2 saturated carbocycles. The number of nitrogens with zero attached hydrogens (tertiary/aromatic N) is 2. The lowest BCUT2D eigenvalue weighted by Gasteiger charge is -2.22. The van der Waals surface area contributed by atoms with E-state index in [1.54, 1.807) is 6.92 Å². The molecule has 1 heterocycles. The van der Waals surface area contributed by atoms with Gasteiger partial charge in [-0.25, -0.2) is 0 Å². The first-order valence-electron chi connectivity index (χ1n) is 7.11. The van der Waals surface area contributed by atoms with Crippen LogP contribution in [0.5, 0.6) is 0 Å². The number of aromatic nitrogens is 2. The number of carbonyl (C=O) groups excluding carboxylic acids is 1. The molecule has 3 rings (SSSR count). The van der Waals surface area contributed by atoms with E-state index < -0.39 is 0 Å². The predicted octanol–water partition coefficient (Wildman–Crippen LogP) is 3.14. The summed E-state index contributed by atoms with van der Waals surface area (Å²) >= 11 is 0. The fraction of sp³-hybridized carbons (Fsp3) is 0.733. The van der Waals surface area contributed by atoms with E-state index in [0.717, 1.165) is 41.2 Å². The van der Waals surface area contributed by atoms with Crippen LogP contribution in [0.2, 0.25) is 0 Å². The Morgan fingerprint density at radius 2 is 2.11 bits per heavy atom. The van der Waals surface area contributed by atoms with Crippen LogP contribution in [-0.2, 0) is 6.54 Å². The third kappa shape index (κ3) is 1.80. The van der Waals surface area contributed by atoms with E-state index in [0.29, 0.717) is 0 Å². The molecular weight excluding hydrogens is 224 g/mol. The SMILES string of the molecule is CC(=O)c1c(C)nn(CC2CC3CCC2C3)c1C. The molecule has 0 aromatic carbocycles. The molecule has 0 saturated heterocycles. The Labute approximate surface area is 109 Å². The molecule has 2 aliphatic carbocycles. The van der Waals surface area contributed by atoms with Crippen LogP contribution in [0.3, 0.4) is 0 Å². The van der Waals surface area contributed by atoms with Gasteiger partial charge in [-0.2, -0.15) is 5.10 Å². The van der Waals surface area contributed by atoms with Gasteiger partial charge in [-0.15, -0.1) is 0 Å². The first kappa shape index (κ1) is 11.9. The van der Waals surface area contributed by atoms with Gasteiger partial charge in [0.1, 0.15) is 0 Å². The van der Waals surface area contributed by atoms with E-state index in [2.05, 4.69) is 9.78 Å². The van der Waals surface area contributed by atoms with Crippen LogP contribution in [0, 0.1) is 31.6 Å². The zero-order valence-corrected chi connectivity index (χ0v) is 11.6. The Hall–Kier alpha value is -1.12. The lowest BCUT2D eigenvalue weighted by Crippen LogP contribution is -2.19. The van der Waals surface area contributed by atoms with Crippen molar-refractivity contribution in [1.82, 2.24) is 9.78 Å². The average Bonchev–Trinajstić information content (AvgIpc) is 2.94. The third-order valence-electron chi connectivity index (χ3n) is 5.03. The summed E-state index contributed by atoms with van der Waals surface area (Å²) in [5, 5.41) is 4.57. The molecule has 3 nitrogen and oxygen atoms in total. The molecule has 0 spiro atoms. The summed E-state index contributed by atoms with van der Waals surface area (Å²) in [6.45, 7) is 6.63. The van der Waals surface area contributed by atoms with Gasteiger partial charge >= 0.3 is 0 Å². The molecule has 0 radical (unpaired) electrons. The summed E-state index contributed by atoms with van der Waals surface area (Å²) in [5.74, 6) is 2.83. The van der Waals surface area contributed by atoms with E-state index in [1.807, 2.05) is 13.8 Å². The summed E-state index contributed by atoms with van der Waals surface area (Å²) in [5.41, 5.74) is 2.78. The molecule has 0 N–H and O–H groups in total. The van der Waals surface area contributed by atoms with Crippen molar-refractivity contribution in [1.29, 1.82) is 0 Å². The molecular formula is C15H22N2O. The second kappa shape index (κ2) is 4.22. The number of hydrogen-bond donors (Lipinski definition) is 0. The molecule has 3 heteroatoms.